The summed E-state index contributed by atoms with van der Waals surface area (Å²) < 4.78 is 17.9. The number of benzene rings is 1. The van der Waals surface area contributed by atoms with Crippen molar-refractivity contribution in [3.8, 4) is 5.75 Å². The lowest BCUT2D eigenvalue weighted by molar-refractivity contribution is 0.386. The van der Waals surface area contributed by atoms with E-state index in [1.54, 1.807) is 12.1 Å². The predicted octanol–water partition coefficient (Wildman–Crippen LogP) is 1.42. The van der Waals surface area contributed by atoms with Gasteiger partial charge in [-0.05, 0) is 19.2 Å². The second-order valence-electron chi connectivity index (χ2n) is 2.56. The highest BCUT2D eigenvalue weighted by Crippen LogP contribution is 2.20. The van der Waals surface area contributed by atoms with Gasteiger partial charge in [-0.15, -0.1) is 0 Å². The molecule has 0 fully saturated rings. The van der Waals surface area contributed by atoms with Gasteiger partial charge in [0.1, 0.15) is 0 Å². The summed E-state index contributed by atoms with van der Waals surface area (Å²) in [6, 6.07) is 4.75. The molecule has 4 heteroatoms. The second kappa shape index (κ2) is 4.67. The summed E-state index contributed by atoms with van der Waals surface area (Å²) in [7, 11) is 3.26. The summed E-state index contributed by atoms with van der Waals surface area (Å²) >= 11 is 0. The zero-order valence-corrected chi connectivity index (χ0v) is 7.73. The molecule has 0 atom stereocenters. The maximum Gasteiger partial charge on any atom is 0.167 e. The van der Waals surface area contributed by atoms with Crippen LogP contribution in [0.4, 0.5) is 10.1 Å². The lowest BCUT2D eigenvalue weighted by Gasteiger charge is -2.07. The normalized spacial score (nSPS) is 9.77. The Morgan fingerprint density at radius 2 is 2.23 bits per heavy atom. The van der Waals surface area contributed by atoms with Crippen LogP contribution in [0.15, 0.2) is 18.2 Å². The minimum Gasteiger partial charge on any atom is -0.494 e. The van der Waals surface area contributed by atoms with E-state index in [1.807, 2.05) is 7.05 Å². The molecule has 1 aromatic rings. The molecule has 0 saturated heterocycles. The van der Waals surface area contributed by atoms with Crippen LogP contribution >= 0.6 is 0 Å². The SMILES string of the molecule is CNCNc1ccc(OC)c(F)c1. The largest absolute Gasteiger partial charge is 0.494 e. The van der Waals surface area contributed by atoms with Crippen molar-refractivity contribution >= 4 is 5.69 Å². The Kier molecular flexibility index (Phi) is 3.52. The van der Waals surface area contributed by atoms with Gasteiger partial charge in [0.2, 0.25) is 0 Å². The Labute approximate surface area is 76.9 Å². The summed E-state index contributed by atoms with van der Waals surface area (Å²) in [5.41, 5.74) is 0.729. The molecule has 0 aliphatic heterocycles. The number of anilines is 1. The fraction of sp³-hybridized carbons (Fsp3) is 0.333. The van der Waals surface area contributed by atoms with Crippen molar-refractivity contribution in [3.05, 3.63) is 24.0 Å². The van der Waals surface area contributed by atoms with Crippen molar-refractivity contribution in [2.45, 2.75) is 0 Å². The molecule has 0 aliphatic rings. The second-order valence-corrected chi connectivity index (χ2v) is 2.56. The van der Waals surface area contributed by atoms with Crippen LogP contribution in [0.5, 0.6) is 5.75 Å². The van der Waals surface area contributed by atoms with Crippen molar-refractivity contribution < 1.29 is 9.13 Å². The first kappa shape index (κ1) is 9.80. The van der Waals surface area contributed by atoms with E-state index in [9.17, 15) is 4.39 Å². The number of hydrogen-bond acceptors (Lipinski definition) is 3. The monoisotopic (exact) mass is 184 g/mol. The fourth-order valence-corrected chi connectivity index (χ4v) is 0.967. The third-order valence-electron chi connectivity index (χ3n) is 1.62. The van der Waals surface area contributed by atoms with Gasteiger partial charge in [-0.3, -0.25) is 0 Å². The third-order valence-corrected chi connectivity index (χ3v) is 1.62. The van der Waals surface area contributed by atoms with E-state index in [2.05, 4.69) is 10.6 Å². The summed E-state index contributed by atoms with van der Waals surface area (Å²) in [5.74, 6) is -0.0985. The molecule has 1 aromatic carbocycles. The molecular weight excluding hydrogens is 171 g/mol. The van der Waals surface area contributed by atoms with Crippen LogP contribution < -0.4 is 15.4 Å². The van der Waals surface area contributed by atoms with E-state index in [0.29, 0.717) is 6.67 Å². The zero-order valence-electron chi connectivity index (χ0n) is 7.73. The lowest BCUT2D eigenvalue weighted by atomic mass is 10.3. The zero-order chi connectivity index (χ0) is 9.68. The minimum atomic E-state index is -0.358. The summed E-state index contributed by atoms with van der Waals surface area (Å²) in [6.45, 7) is 0.603. The summed E-state index contributed by atoms with van der Waals surface area (Å²) in [5, 5.41) is 5.88. The van der Waals surface area contributed by atoms with Gasteiger partial charge in [0.05, 0.1) is 13.8 Å². The number of ether oxygens (including phenoxy) is 1. The van der Waals surface area contributed by atoms with E-state index >= 15 is 0 Å². The van der Waals surface area contributed by atoms with E-state index < -0.39 is 0 Å². The van der Waals surface area contributed by atoms with Gasteiger partial charge in [0.25, 0.3) is 0 Å². The van der Waals surface area contributed by atoms with Crippen LogP contribution in [-0.4, -0.2) is 20.8 Å². The van der Waals surface area contributed by atoms with E-state index in [4.69, 9.17) is 4.74 Å². The Morgan fingerprint density at radius 3 is 2.77 bits per heavy atom. The number of hydrogen-bond donors (Lipinski definition) is 2. The number of rotatable bonds is 4. The summed E-state index contributed by atoms with van der Waals surface area (Å²) in [4.78, 5) is 0. The van der Waals surface area contributed by atoms with Gasteiger partial charge in [-0.1, -0.05) is 0 Å². The van der Waals surface area contributed by atoms with Crippen molar-refractivity contribution in [1.29, 1.82) is 0 Å². The van der Waals surface area contributed by atoms with Gasteiger partial charge in [0.15, 0.2) is 11.6 Å². The van der Waals surface area contributed by atoms with Crippen molar-refractivity contribution in [3.63, 3.8) is 0 Å². The first-order valence-corrected chi connectivity index (χ1v) is 4.00. The number of methoxy groups -OCH3 is 1. The molecule has 0 heterocycles. The van der Waals surface area contributed by atoms with Gasteiger partial charge >= 0.3 is 0 Å². The van der Waals surface area contributed by atoms with E-state index in [1.165, 1.54) is 13.2 Å². The van der Waals surface area contributed by atoms with Crippen LogP contribution in [0.2, 0.25) is 0 Å². The Morgan fingerprint density at radius 1 is 1.46 bits per heavy atom. The highest BCUT2D eigenvalue weighted by atomic mass is 19.1. The topological polar surface area (TPSA) is 33.3 Å². The maximum atomic E-state index is 13.1. The first-order valence-electron chi connectivity index (χ1n) is 4.00. The standard InChI is InChI=1S/C9H13FN2O/c1-11-6-12-7-3-4-9(13-2)8(10)5-7/h3-5,11-12H,6H2,1-2H3. The molecule has 0 unspecified atom stereocenters. The maximum absolute atomic E-state index is 13.1. The van der Waals surface area contributed by atoms with Gasteiger partial charge < -0.3 is 15.4 Å². The number of nitrogens with one attached hydrogen (secondary N) is 2. The molecule has 0 amide bonds. The Balaban J connectivity index is 2.71. The van der Waals surface area contributed by atoms with Crippen LogP contribution in [0, 0.1) is 5.82 Å². The smallest absolute Gasteiger partial charge is 0.167 e. The Bertz CT molecular complexity index is 278. The molecule has 13 heavy (non-hydrogen) atoms. The molecule has 3 nitrogen and oxygen atoms in total. The quantitative estimate of drug-likeness (QED) is 0.694. The molecule has 0 saturated carbocycles. The Hall–Kier alpha value is -1.29. The average molecular weight is 184 g/mol. The van der Waals surface area contributed by atoms with Crippen molar-refractivity contribution in [1.82, 2.24) is 5.32 Å². The third kappa shape index (κ3) is 2.59. The van der Waals surface area contributed by atoms with Crippen LogP contribution in [0.1, 0.15) is 0 Å². The summed E-state index contributed by atoms with van der Waals surface area (Å²) in [6.07, 6.45) is 0. The highest BCUT2D eigenvalue weighted by Gasteiger charge is 2.01. The molecule has 72 valence electrons. The average Bonchev–Trinajstić information content (AvgIpc) is 2.15. The lowest BCUT2D eigenvalue weighted by Crippen LogP contribution is -2.16. The number of halogens is 1. The van der Waals surface area contributed by atoms with Gasteiger partial charge in [-0.2, -0.15) is 0 Å². The van der Waals surface area contributed by atoms with Crippen LogP contribution in [0.25, 0.3) is 0 Å². The molecule has 0 aliphatic carbocycles. The van der Waals surface area contributed by atoms with Gasteiger partial charge in [-0.25, -0.2) is 4.39 Å². The predicted molar refractivity (Wildman–Crippen MR) is 50.5 cm³/mol. The van der Waals surface area contributed by atoms with Crippen LogP contribution in [-0.2, 0) is 0 Å². The van der Waals surface area contributed by atoms with E-state index in [0.717, 1.165) is 5.69 Å². The fourth-order valence-electron chi connectivity index (χ4n) is 0.967. The highest BCUT2D eigenvalue weighted by molar-refractivity contribution is 5.47. The van der Waals surface area contributed by atoms with Crippen LogP contribution in [0.3, 0.4) is 0 Å². The molecule has 2 N–H and O–H groups in total. The molecule has 0 spiro atoms. The molecule has 1 rings (SSSR count). The molecular formula is C9H13FN2O. The first-order chi connectivity index (χ1) is 6.27. The molecule has 0 radical (unpaired) electrons. The van der Waals surface area contributed by atoms with E-state index in [-0.39, 0.29) is 11.6 Å². The minimum absolute atomic E-state index is 0.259. The molecule has 0 bridgehead atoms. The van der Waals surface area contributed by atoms with Gasteiger partial charge in [0, 0.05) is 11.8 Å². The van der Waals surface area contributed by atoms with Crippen molar-refractivity contribution in [2.24, 2.45) is 0 Å². The molecule has 0 aromatic heterocycles. The van der Waals surface area contributed by atoms with Crippen molar-refractivity contribution in [2.75, 3.05) is 26.1 Å².